The molecule has 152 valence electrons. The number of nitrogens with zero attached hydrogens (tertiary/aromatic N) is 5. The molecule has 1 amide bonds. The van der Waals surface area contributed by atoms with Crippen LogP contribution in [0.3, 0.4) is 0 Å². The fraction of sp³-hybridized carbons (Fsp3) is 0.190. The Morgan fingerprint density at radius 3 is 2.73 bits per heavy atom. The number of benzene rings is 2. The molecule has 0 saturated heterocycles. The molecular formula is C21H20N6OS2. The number of para-hydroxylation sites is 1. The average molecular weight is 437 g/mol. The smallest absolute Gasteiger partial charge is 0.236 e. The van der Waals surface area contributed by atoms with Gasteiger partial charge in [0.1, 0.15) is 0 Å². The lowest BCUT2D eigenvalue weighted by molar-refractivity contribution is -0.113. The lowest BCUT2D eigenvalue weighted by Crippen LogP contribution is -2.14. The number of aryl methyl sites for hydroxylation is 3. The number of carbonyl (C=O) groups excluding carboxylic acids is 1. The molecule has 0 saturated carbocycles. The van der Waals surface area contributed by atoms with Gasteiger partial charge in [0.05, 0.1) is 17.1 Å². The topological polar surface area (TPSA) is 85.6 Å². The first-order valence-electron chi connectivity index (χ1n) is 9.31. The Hall–Kier alpha value is -3.04. The maximum atomic E-state index is 12.4. The number of rotatable bonds is 6. The molecule has 0 unspecified atom stereocenters. The molecule has 4 aromatic rings. The second-order valence-corrected chi connectivity index (χ2v) is 8.63. The number of thioether (sulfide) groups is 1. The van der Waals surface area contributed by atoms with Crippen LogP contribution in [-0.4, -0.2) is 36.9 Å². The largest absolute Gasteiger partial charge is 0.301 e. The van der Waals surface area contributed by atoms with Crippen molar-refractivity contribution < 1.29 is 4.79 Å². The summed E-state index contributed by atoms with van der Waals surface area (Å²) in [5.74, 6) is 0.0328. The van der Waals surface area contributed by atoms with E-state index in [-0.39, 0.29) is 11.7 Å². The van der Waals surface area contributed by atoms with E-state index in [9.17, 15) is 4.79 Å². The van der Waals surface area contributed by atoms with E-state index in [0.717, 1.165) is 22.5 Å². The number of hydrogen-bond acceptors (Lipinski definition) is 7. The highest BCUT2D eigenvalue weighted by molar-refractivity contribution is 7.99. The van der Waals surface area contributed by atoms with Crippen LogP contribution in [0.5, 0.6) is 0 Å². The first-order chi connectivity index (χ1) is 14.5. The van der Waals surface area contributed by atoms with Crippen molar-refractivity contribution in [3.05, 3.63) is 64.5 Å². The van der Waals surface area contributed by atoms with Crippen LogP contribution < -0.4 is 5.32 Å². The van der Waals surface area contributed by atoms with Gasteiger partial charge in [-0.25, -0.2) is 4.98 Å². The van der Waals surface area contributed by atoms with Crippen molar-refractivity contribution in [2.24, 2.45) is 0 Å². The van der Waals surface area contributed by atoms with Crippen LogP contribution in [0, 0.1) is 20.8 Å². The van der Waals surface area contributed by atoms with Crippen LogP contribution in [0.15, 0.2) is 53.0 Å². The van der Waals surface area contributed by atoms with Crippen molar-refractivity contribution in [3.63, 3.8) is 0 Å². The minimum absolute atomic E-state index is 0.152. The second kappa shape index (κ2) is 8.76. The van der Waals surface area contributed by atoms with E-state index < -0.39 is 0 Å². The number of nitrogens with one attached hydrogen (secondary N) is 1. The fourth-order valence-corrected chi connectivity index (χ4v) is 4.29. The van der Waals surface area contributed by atoms with E-state index in [1.165, 1.54) is 34.2 Å². The maximum absolute atomic E-state index is 12.4. The highest BCUT2D eigenvalue weighted by Gasteiger charge is 2.14. The Bertz CT molecular complexity index is 1200. The molecule has 2 aromatic heterocycles. The molecule has 0 fully saturated rings. The summed E-state index contributed by atoms with van der Waals surface area (Å²) in [5, 5.41) is 17.8. The van der Waals surface area contributed by atoms with Crippen LogP contribution in [0.25, 0.3) is 16.9 Å². The van der Waals surface area contributed by atoms with Gasteiger partial charge in [0.25, 0.3) is 0 Å². The molecule has 9 heteroatoms. The van der Waals surface area contributed by atoms with Crippen LogP contribution in [-0.2, 0) is 4.79 Å². The Morgan fingerprint density at radius 1 is 1.10 bits per heavy atom. The molecule has 0 bridgehead atoms. The third-order valence-corrected chi connectivity index (χ3v) is 6.35. The van der Waals surface area contributed by atoms with Gasteiger partial charge in [0, 0.05) is 10.9 Å². The number of thiazole rings is 1. The van der Waals surface area contributed by atoms with Gasteiger partial charge in [0.2, 0.25) is 11.1 Å². The summed E-state index contributed by atoms with van der Waals surface area (Å²) < 4.78 is 1.65. The molecular weight excluding hydrogens is 416 g/mol. The molecule has 2 aromatic carbocycles. The van der Waals surface area contributed by atoms with Crippen LogP contribution in [0.1, 0.15) is 16.7 Å². The summed E-state index contributed by atoms with van der Waals surface area (Å²) in [6.07, 6.45) is 0. The van der Waals surface area contributed by atoms with Gasteiger partial charge < -0.3 is 5.32 Å². The lowest BCUT2D eigenvalue weighted by Gasteiger charge is -2.07. The molecule has 0 aliphatic rings. The van der Waals surface area contributed by atoms with E-state index in [4.69, 9.17) is 0 Å². The predicted octanol–water partition coefficient (Wildman–Crippen LogP) is 4.44. The first kappa shape index (κ1) is 20.2. The SMILES string of the molecule is Cc1ccc(-c2csc(NC(=O)CSc3nnnn3-c3ccccc3C)n2)cc1C. The summed E-state index contributed by atoms with van der Waals surface area (Å²) in [6, 6.07) is 14.1. The zero-order chi connectivity index (χ0) is 21.1. The van der Waals surface area contributed by atoms with E-state index in [0.29, 0.717) is 10.3 Å². The number of carbonyl (C=O) groups is 1. The molecule has 0 aliphatic heterocycles. The molecule has 4 rings (SSSR count). The molecule has 7 nitrogen and oxygen atoms in total. The van der Waals surface area contributed by atoms with Crippen LogP contribution >= 0.6 is 23.1 Å². The van der Waals surface area contributed by atoms with Gasteiger partial charge in [-0.2, -0.15) is 4.68 Å². The number of hydrogen-bond donors (Lipinski definition) is 1. The van der Waals surface area contributed by atoms with E-state index in [1.807, 2.05) is 42.6 Å². The van der Waals surface area contributed by atoms with Gasteiger partial charge in [0.15, 0.2) is 5.13 Å². The number of aromatic nitrogens is 5. The normalized spacial score (nSPS) is 10.9. The van der Waals surface area contributed by atoms with Crippen LogP contribution in [0.2, 0.25) is 0 Å². The van der Waals surface area contributed by atoms with Crippen molar-refractivity contribution in [3.8, 4) is 16.9 Å². The Labute approximate surface area is 182 Å². The van der Waals surface area contributed by atoms with E-state index in [2.05, 4.69) is 51.8 Å². The minimum Gasteiger partial charge on any atom is -0.301 e. The van der Waals surface area contributed by atoms with Crippen molar-refractivity contribution >= 4 is 34.1 Å². The van der Waals surface area contributed by atoms with E-state index in [1.54, 1.807) is 4.68 Å². The zero-order valence-electron chi connectivity index (χ0n) is 16.8. The molecule has 0 spiro atoms. The lowest BCUT2D eigenvalue weighted by atomic mass is 10.1. The van der Waals surface area contributed by atoms with Gasteiger partial charge in [-0.1, -0.05) is 42.1 Å². The Morgan fingerprint density at radius 2 is 1.93 bits per heavy atom. The van der Waals surface area contributed by atoms with Gasteiger partial charge in [-0.15, -0.1) is 16.4 Å². The summed E-state index contributed by atoms with van der Waals surface area (Å²) in [7, 11) is 0. The van der Waals surface area contributed by atoms with Gasteiger partial charge in [-0.3, -0.25) is 4.79 Å². The summed E-state index contributed by atoms with van der Waals surface area (Å²) in [4.78, 5) is 17.0. The molecule has 2 heterocycles. The molecule has 30 heavy (non-hydrogen) atoms. The highest BCUT2D eigenvalue weighted by Crippen LogP contribution is 2.27. The van der Waals surface area contributed by atoms with E-state index >= 15 is 0 Å². The molecule has 0 aliphatic carbocycles. The van der Waals surface area contributed by atoms with Gasteiger partial charge >= 0.3 is 0 Å². The Balaban J connectivity index is 1.40. The van der Waals surface area contributed by atoms with Crippen molar-refractivity contribution in [2.45, 2.75) is 25.9 Å². The molecule has 1 N–H and O–H groups in total. The quantitative estimate of drug-likeness (QED) is 0.450. The van der Waals surface area contributed by atoms with Crippen molar-refractivity contribution in [1.29, 1.82) is 0 Å². The Kier molecular flexibility index (Phi) is 5.91. The average Bonchev–Trinajstić information content (AvgIpc) is 3.38. The predicted molar refractivity (Wildman–Crippen MR) is 120 cm³/mol. The summed E-state index contributed by atoms with van der Waals surface area (Å²) >= 11 is 2.69. The number of tetrazole rings is 1. The highest BCUT2D eigenvalue weighted by atomic mass is 32.2. The monoisotopic (exact) mass is 436 g/mol. The second-order valence-electron chi connectivity index (χ2n) is 6.83. The summed E-state index contributed by atoms with van der Waals surface area (Å²) in [5.41, 5.74) is 6.30. The standard InChI is InChI=1S/C21H20N6OS2/c1-13-8-9-16(10-15(13)3)17-11-29-20(22-17)23-19(28)12-30-21-24-25-26-27(21)18-7-5-4-6-14(18)2/h4-11H,12H2,1-3H3,(H,22,23,28). The zero-order valence-corrected chi connectivity index (χ0v) is 18.4. The maximum Gasteiger partial charge on any atom is 0.236 e. The molecule has 0 atom stereocenters. The minimum atomic E-state index is -0.152. The van der Waals surface area contributed by atoms with Crippen molar-refractivity contribution in [1.82, 2.24) is 25.2 Å². The third-order valence-electron chi connectivity index (χ3n) is 4.67. The molecule has 0 radical (unpaired) electrons. The number of anilines is 1. The van der Waals surface area contributed by atoms with Gasteiger partial charge in [-0.05, 0) is 60.0 Å². The number of amides is 1. The van der Waals surface area contributed by atoms with Crippen LogP contribution in [0.4, 0.5) is 5.13 Å². The van der Waals surface area contributed by atoms with Crippen molar-refractivity contribution in [2.75, 3.05) is 11.1 Å². The summed E-state index contributed by atoms with van der Waals surface area (Å²) in [6.45, 7) is 6.16. The third kappa shape index (κ3) is 4.42. The first-order valence-corrected chi connectivity index (χ1v) is 11.2. The fourth-order valence-electron chi connectivity index (χ4n) is 2.87.